The number of aryl methyl sites for hydroxylation is 1. The molecule has 1 fully saturated rings. The second-order valence-electron chi connectivity index (χ2n) is 3.62. The highest BCUT2D eigenvalue weighted by Crippen LogP contribution is 2.30. The van der Waals surface area contributed by atoms with Gasteiger partial charge in [-0.1, -0.05) is 0 Å². The van der Waals surface area contributed by atoms with Crippen LogP contribution in [0.1, 0.15) is 29.3 Å². The number of carboxylic acid groups (broad SMARTS) is 1. The maximum Gasteiger partial charge on any atom is 0.320 e. The van der Waals surface area contributed by atoms with E-state index in [0.717, 1.165) is 12.8 Å². The SMILES string of the molecule is Cc1sccc1C1CCC(C(=O)O)N1. The Bertz CT molecular complexity index is 348. The largest absolute Gasteiger partial charge is 0.480 e. The Morgan fingerprint density at radius 1 is 1.64 bits per heavy atom. The molecule has 2 unspecified atom stereocenters. The lowest BCUT2D eigenvalue weighted by atomic mass is 10.1. The van der Waals surface area contributed by atoms with E-state index in [1.165, 1.54) is 10.4 Å². The van der Waals surface area contributed by atoms with Crippen molar-refractivity contribution in [2.24, 2.45) is 0 Å². The van der Waals surface area contributed by atoms with Gasteiger partial charge < -0.3 is 5.11 Å². The Hall–Kier alpha value is -0.870. The summed E-state index contributed by atoms with van der Waals surface area (Å²) in [5.41, 5.74) is 1.26. The summed E-state index contributed by atoms with van der Waals surface area (Å²) >= 11 is 1.71. The maximum absolute atomic E-state index is 10.7. The van der Waals surface area contributed by atoms with E-state index in [1.54, 1.807) is 11.3 Å². The van der Waals surface area contributed by atoms with E-state index in [0.29, 0.717) is 0 Å². The van der Waals surface area contributed by atoms with Crippen LogP contribution < -0.4 is 5.32 Å². The van der Waals surface area contributed by atoms with Crippen LogP contribution in [-0.4, -0.2) is 17.1 Å². The van der Waals surface area contributed by atoms with Gasteiger partial charge in [0.1, 0.15) is 6.04 Å². The number of rotatable bonds is 2. The van der Waals surface area contributed by atoms with Gasteiger partial charge in [0, 0.05) is 10.9 Å². The first kappa shape index (κ1) is 9.68. The van der Waals surface area contributed by atoms with Gasteiger partial charge in [-0.3, -0.25) is 10.1 Å². The molecule has 0 aromatic carbocycles. The van der Waals surface area contributed by atoms with Gasteiger partial charge in [-0.25, -0.2) is 0 Å². The van der Waals surface area contributed by atoms with E-state index >= 15 is 0 Å². The molecule has 1 aromatic heterocycles. The number of nitrogens with one attached hydrogen (secondary N) is 1. The van der Waals surface area contributed by atoms with Crippen LogP contribution in [-0.2, 0) is 4.79 Å². The molecule has 0 saturated carbocycles. The van der Waals surface area contributed by atoms with Crippen molar-refractivity contribution in [3.05, 3.63) is 21.9 Å². The highest BCUT2D eigenvalue weighted by atomic mass is 32.1. The third-order valence-corrected chi connectivity index (χ3v) is 3.58. The number of aliphatic carboxylic acids is 1. The van der Waals surface area contributed by atoms with Gasteiger partial charge in [0.2, 0.25) is 0 Å². The minimum absolute atomic E-state index is 0.238. The topological polar surface area (TPSA) is 49.3 Å². The van der Waals surface area contributed by atoms with Crippen LogP contribution in [0, 0.1) is 6.92 Å². The van der Waals surface area contributed by atoms with Crippen molar-refractivity contribution in [2.75, 3.05) is 0 Å². The van der Waals surface area contributed by atoms with Gasteiger partial charge in [-0.15, -0.1) is 11.3 Å². The lowest BCUT2D eigenvalue weighted by Gasteiger charge is -2.11. The fraction of sp³-hybridized carbons (Fsp3) is 0.500. The third-order valence-electron chi connectivity index (χ3n) is 2.72. The quantitative estimate of drug-likeness (QED) is 0.786. The van der Waals surface area contributed by atoms with Crippen molar-refractivity contribution in [1.29, 1.82) is 0 Å². The van der Waals surface area contributed by atoms with Gasteiger partial charge in [-0.05, 0) is 36.8 Å². The molecule has 2 heterocycles. The van der Waals surface area contributed by atoms with Crippen LogP contribution in [0.3, 0.4) is 0 Å². The Morgan fingerprint density at radius 3 is 2.93 bits per heavy atom. The number of carboxylic acids is 1. The molecule has 14 heavy (non-hydrogen) atoms. The van der Waals surface area contributed by atoms with Gasteiger partial charge >= 0.3 is 5.97 Å². The second-order valence-corrected chi connectivity index (χ2v) is 4.74. The van der Waals surface area contributed by atoms with Crippen LogP contribution in [0.5, 0.6) is 0 Å². The van der Waals surface area contributed by atoms with Gasteiger partial charge in [0.25, 0.3) is 0 Å². The molecule has 0 bridgehead atoms. The average Bonchev–Trinajstić information content (AvgIpc) is 2.71. The monoisotopic (exact) mass is 211 g/mol. The number of thiophene rings is 1. The molecule has 1 saturated heterocycles. The lowest BCUT2D eigenvalue weighted by Crippen LogP contribution is -2.31. The fourth-order valence-electron chi connectivity index (χ4n) is 1.94. The molecule has 1 aliphatic heterocycles. The number of hydrogen-bond donors (Lipinski definition) is 2. The Labute approximate surface area is 86.8 Å². The standard InChI is InChI=1S/C10H13NO2S/c1-6-7(4-5-14-6)8-2-3-9(11-8)10(12)13/h4-5,8-9,11H,2-3H2,1H3,(H,12,13). The smallest absolute Gasteiger partial charge is 0.320 e. The first-order valence-electron chi connectivity index (χ1n) is 4.71. The van der Waals surface area contributed by atoms with Crippen LogP contribution >= 0.6 is 11.3 Å². The molecular formula is C10H13NO2S. The zero-order valence-corrected chi connectivity index (χ0v) is 8.80. The van der Waals surface area contributed by atoms with E-state index in [1.807, 2.05) is 0 Å². The fourth-order valence-corrected chi connectivity index (χ4v) is 2.70. The molecule has 2 atom stereocenters. The Balaban J connectivity index is 2.10. The van der Waals surface area contributed by atoms with Crippen molar-refractivity contribution < 1.29 is 9.90 Å². The number of carbonyl (C=O) groups is 1. The Morgan fingerprint density at radius 2 is 2.43 bits per heavy atom. The van der Waals surface area contributed by atoms with E-state index in [9.17, 15) is 4.79 Å². The summed E-state index contributed by atoms with van der Waals surface area (Å²) in [7, 11) is 0. The molecule has 1 aliphatic rings. The van der Waals surface area contributed by atoms with Crippen LogP contribution in [0.15, 0.2) is 11.4 Å². The van der Waals surface area contributed by atoms with Crippen LogP contribution in [0.25, 0.3) is 0 Å². The van der Waals surface area contributed by atoms with Gasteiger partial charge in [0.05, 0.1) is 0 Å². The van der Waals surface area contributed by atoms with E-state index in [-0.39, 0.29) is 12.1 Å². The zero-order valence-electron chi connectivity index (χ0n) is 7.99. The van der Waals surface area contributed by atoms with Gasteiger partial charge in [-0.2, -0.15) is 0 Å². The summed E-state index contributed by atoms with van der Waals surface area (Å²) in [6, 6.07) is 1.96. The first-order valence-corrected chi connectivity index (χ1v) is 5.59. The molecule has 1 aromatic rings. The third kappa shape index (κ3) is 1.67. The molecule has 0 aliphatic carbocycles. The molecule has 2 N–H and O–H groups in total. The van der Waals surface area contributed by atoms with Crippen molar-refractivity contribution in [2.45, 2.75) is 31.8 Å². The van der Waals surface area contributed by atoms with Crippen LogP contribution in [0.4, 0.5) is 0 Å². The van der Waals surface area contributed by atoms with Crippen molar-refractivity contribution in [3.63, 3.8) is 0 Å². The minimum atomic E-state index is -0.736. The number of hydrogen-bond acceptors (Lipinski definition) is 3. The molecule has 3 nitrogen and oxygen atoms in total. The molecule has 76 valence electrons. The minimum Gasteiger partial charge on any atom is -0.480 e. The second kappa shape index (κ2) is 3.71. The highest BCUT2D eigenvalue weighted by Gasteiger charge is 2.30. The summed E-state index contributed by atoms with van der Waals surface area (Å²) < 4.78 is 0. The van der Waals surface area contributed by atoms with Crippen molar-refractivity contribution in [3.8, 4) is 0 Å². The van der Waals surface area contributed by atoms with E-state index in [2.05, 4.69) is 23.7 Å². The predicted molar refractivity (Wildman–Crippen MR) is 55.6 cm³/mol. The summed E-state index contributed by atoms with van der Waals surface area (Å²) in [5.74, 6) is -0.736. The Kier molecular flexibility index (Phi) is 2.56. The van der Waals surface area contributed by atoms with Crippen molar-refractivity contribution in [1.82, 2.24) is 5.32 Å². The van der Waals surface area contributed by atoms with Crippen molar-refractivity contribution >= 4 is 17.3 Å². The zero-order chi connectivity index (χ0) is 10.1. The summed E-state index contributed by atoms with van der Waals surface area (Å²) in [4.78, 5) is 12.0. The van der Waals surface area contributed by atoms with E-state index in [4.69, 9.17) is 5.11 Å². The first-order chi connectivity index (χ1) is 6.68. The molecule has 2 rings (SSSR count). The van der Waals surface area contributed by atoms with Crippen LogP contribution in [0.2, 0.25) is 0 Å². The predicted octanol–water partition coefficient (Wildman–Crippen LogP) is 1.93. The molecule has 0 spiro atoms. The average molecular weight is 211 g/mol. The molecule has 0 radical (unpaired) electrons. The maximum atomic E-state index is 10.7. The summed E-state index contributed by atoms with van der Waals surface area (Å²) in [6.07, 6.45) is 1.66. The molecular weight excluding hydrogens is 198 g/mol. The summed E-state index contributed by atoms with van der Waals surface area (Å²) in [6.45, 7) is 2.08. The lowest BCUT2D eigenvalue weighted by molar-refractivity contribution is -0.139. The van der Waals surface area contributed by atoms with Gasteiger partial charge in [0.15, 0.2) is 0 Å². The molecule has 4 heteroatoms. The molecule has 0 amide bonds. The highest BCUT2D eigenvalue weighted by molar-refractivity contribution is 7.10. The normalized spacial score (nSPS) is 26.6. The van der Waals surface area contributed by atoms with E-state index < -0.39 is 5.97 Å². The summed E-state index contributed by atoms with van der Waals surface area (Å²) in [5, 5.41) is 14.0.